The number of sulfonamides is 1. The number of nitrogens with zero attached hydrogens (tertiary/aromatic N) is 4. The van der Waals surface area contributed by atoms with Gasteiger partial charge in [0.05, 0.1) is 21.8 Å². The van der Waals surface area contributed by atoms with Crippen LogP contribution in [0.2, 0.25) is 0 Å². The fourth-order valence-electron chi connectivity index (χ4n) is 5.06. The number of hydrogen-bond acceptors (Lipinski definition) is 4. The van der Waals surface area contributed by atoms with E-state index < -0.39 is 10.0 Å². The molecular formula is C28H26N4O3S. The molecule has 1 fully saturated rings. The van der Waals surface area contributed by atoms with Crippen molar-refractivity contribution in [3.8, 4) is 28.1 Å². The highest BCUT2D eigenvalue weighted by atomic mass is 32.2. The van der Waals surface area contributed by atoms with E-state index in [4.69, 9.17) is 5.10 Å². The summed E-state index contributed by atoms with van der Waals surface area (Å²) in [5, 5.41) is 4.88. The van der Waals surface area contributed by atoms with Crippen molar-refractivity contribution in [3.05, 3.63) is 90.1 Å². The van der Waals surface area contributed by atoms with Gasteiger partial charge in [-0.25, -0.2) is 17.4 Å². The van der Waals surface area contributed by atoms with Crippen LogP contribution in [0, 0.1) is 0 Å². The molecule has 0 atom stereocenters. The van der Waals surface area contributed by atoms with Gasteiger partial charge in [0.25, 0.3) is 5.91 Å². The first-order valence-corrected chi connectivity index (χ1v) is 13.3. The van der Waals surface area contributed by atoms with Crippen LogP contribution in [0.15, 0.2) is 83.8 Å². The standard InChI is InChI=1S/C28H26N4O3S/c1-30(2)36(34,35)22-11-7-10-20(16-22)21-12-13-23-25(17-21)32-26(27(33)31(3)28(23)14-15-28)18-24(29-32)19-8-5-4-6-9-19/h4-13,16-18H,14-15H2,1-3H3. The summed E-state index contributed by atoms with van der Waals surface area (Å²) in [6.45, 7) is 0. The van der Waals surface area contributed by atoms with Crippen molar-refractivity contribution < 1.29 is 13.2 Å². The summed E-state index contributed by atoms with van der Waals surface area (Å²) in [6, 6.07) is 24.7. The molecule has 2 aliphatic rings. The van der Waals surface area contributed by atoms with Crippen LogP contribution in [0.5, 0.6) is 0 Å². The first-order chi connectivity index (χ1) is 17.2. The van der Waals surface area contributed by atoms with E-state index >= 15 is 0 Å². The van der Waals surface area contributed by atoms with Crippen LogP contribution < -0.4 is 0 Å². The maximum absolute atomic E-state index is 13.6. The SMILES string of the molecule is CN1C(=O)c2cc(-c3ccccc3)nn2-c2cc(-c3cccc(S(=O)(=O)N(C)C)c3)ccc2C12CC2. The van der Waals surface area contributed by atoms with Crippen molar-refractivity contribution in [1.82, 2.24) is 19.0 Å². The molecule has 7 nitrogen and oxygen atoms in total. The second-order valence-electron chi connectivity index (χ2n) is 9.64. The van der Waals surface area contributed by atoms with Gasteiger partial charge in [-0.1, -0.05) is 54.6 Å². The van der Waals surface area contributed by atoms with E-state index in [0.717, 1.165) is 46.5 Å². The molecule has 0 N–H and O–H groups in total. The number of hydrogen-bond donors (Lipinski definition) is 0. The highest BCUT2D eigenvalue weighted by Crippen LogP contribution is 2.54. The fourth-order valence-corrected chi connectivity index (χ4v) is 6.01. The first kappa shape index (κ1) is 22.7. The van der Waals surface area contributed by atoms with Crippen molar-refractivity contribution >= 4 is 15.9 Å². The molecule has 1 amide bonds. The molecule has 0 radical (unpaired) electrons. The molecule has 8 heteroatoms. The Morgan fingerprint density at radius 3 is 2.25 bits per heavy atom. The van der Waals surface area contributed by atoms with E-state index in [1.54, 1.807) is 22.9 Å². The number of benzene rings is 3. The Morgan fingerprint density at radius 1 is 0.861 bits per heavy atom. The Labute approximate surface area is 210 Å². The van der Waals surface area contributed by atoms with Crippen LogP contribution in [-0.4, -0.2) is 54.5 Å². The Morgan fingerprint density at radius 2 is 1.56 bits per heavy atom. The third-order valence-corrected chi connectivity index (χ3v) is 9.15. The van der Waals surface area contributed by atoms with Gasteiger partial charge in [0, 0.05) is 32.3 Å². The number of amides is 1. The van der Waals surface area contributed by atoms with E-state index in [1.807, 2.05) is 66.5 Å². The van der Waals surface area contributed by atoms with Crippen molar-refractivity contribution in [1.29, 1.82) is 0 Å². The Kier molecular flexibility index (Phi) is 4.97. The minimum absolute atomic E-state index is 0.0565. The average Bonchev–Trinajstić information content (AvgIpc) is 3.59. The van der Waals surface area contributed by atoms with Gasteiger partial charge in [-0.3, -0.25) is 4.79 Å². The lowest BCUT2D eigenvalue weighted by molar-refractivity contribution is 0.0704. The molecular weight excluding hydrogens is 472 g/mol. The zero-order chi connectivity index (χ0) is 25.2. The third kappa shape index (κ3) is 3.32. The Bertz CT molecular complexity index is 1620. The van der Waals surface area contributed by atoms with Gasteiger partial charge < -0.3 is 4.90 Å². The number of fused-ring (bicyclic) bond motifs is 4. The lowest BCUT2D eigenvalue weighted by Crippen LogP contribution is -2.36. The van der Waals surface area contributed by atoms with Crippen LogP contribution in [0.4, 0.5) is 0 Å². The maximum Gasteiger partial charge on any atom is 0.273 e. The molecule has 4 aromatic rings. The lowest BCUT2D eigenvalue weighted by atomic mass is 9.96. The number of rotatable bonds is 4. The van der Waals surface area contributed by atoms with Gasteiger partial charge in [0.15, 0.2) is 0 Å². The quantitative estimate of drug-likeness (QED) is 0.414. The maximum atomic E-state index is 13.6. The van der Waals surface area contributed by atoms with Crippen LogP contribution in [0.3, 0.4) is 0 Å². The minimum atomic E-state index is -3.57. The fraction of sp³-hybridized carbons (Fsp3) is 0.214. The third-order valence-electron chi connectivity index (χ3n) is 7.34. The predicted molar refractivity (Wildman–Crippen MR) is 138 cm³/mol. The summed E-state index contributed by atoms with van der Waals surface area (Å²) in [4.78, 5) is 15.7. The van der Waals surface area contributed by atoms with Crippen molar-refractivity contribution in [2.45, 2.75) is 23.3 Å². The molecule has 3 aromatic carbocycles. The summed E-state index contributed by atoms with van der Waals surface area (Å²) in [5.41, 5.74) is 5.40. The van der Waals surface area contributed by atoms with E-state index in [1.165, 1.54) is 18.4 Å². The van der Waals surface area contributed by atoms with Gasteiger partial charge >= 0.3 is 0 Å². The normalized spacial score (nSPS) is 16.1. The summed E-state index contributed by atoms with van der Waals surface area (Å²) >= 11 is 0. The molecule has 0 saturated heterocycles. The molecule has 1 aromatic heterocycles. The van der Waals surface area contributed by atoms with Gasteiger partial charge in [-0.2, -0.15) is 5.10 Å². The zero-order valence-corrected chi connectivity index (χ0v) is 21.2. The number of carbonyl (C=O) groups is 1. The molecule has 0 unspecified atom stereocenters. The van der Waals surface area contributed by atoms with Crippen LogP contribution in [-0.2, 0) is 15.6 Å². The van der Waals surface area contributed by atoms with Gasteiger partial charge in [-0.15, -0.1) is 0 Å². The molecule has 1 aliphatic carbocycles. The Balaban J connectivity index is 1.55. The minimum Gasteiger partial charge on any atom is -0.331 e. The smallest absolute Gasteiger partial charge is 0.273 e. The first-order valence-electron chi connectivity index (χ1n) is 11.8. The van der Waals surface area contributed by atoms with Crippen LogP contribution in [0.1, 0.15) is 28.9 Å². The molecule has 0 bridgehead atoms. The highest BCUT2D eigenvalue weighted by molar-refractivity contribution is 7.89. The monoisotopic (exact) mass is 498 g/mol. The molecule has 6 rings (SSSR count). The molecule has 1 aliphatic heterocycles. The summed E-state index contributed by atoms with van der Waals surface area (Å²) in [6.07, 6.45) is 1.79. The molecule has 2 heterocycles. The predicted octanol–water partition coefficient (Wildman–Crippen LogP) is 4.53. The van der Waals surface area contributed by atoms with Gasteiger partial charge in [0.1, 0.15) is 5.69 Å². The molecule has 1 spiro atoms. The van der Waals surface area contributed by atoms with Crippen LogP contribution >= 0.6 is 0 Å². The van der Waals surface area contributed by atoms with Gasteiger partial charge in [0.2, 0.25) is 10.0 Å². The second kappa shape index (κ2) is 7.88. The van der Waals surface area contributed by atoms with E-state index in [-0.39, 0.29) is 16.3 Å². The van der Waals surface area contributed by atoms with E-state index in [9.17, 15) is 13.2 Å². The summed E-state index contributed by atoms with van der Waals surface area (Å²) < 4.78 is 28.4. The Hall–Kier alpha value is -3.75. The van der Waals surface area contributed by atoms with Gasteiger partial charge in [-0.05, 0) is 48.2 Å². The van der Waals surface area contributed by atoms with E-state index in [2.05, 4.69) is 6.07 Å². The lowest BCUT2D eigenvalue weighted by Gasteiger charge is -2.27. The number of carbonyl (C=O) groups excluding carboxylic acids is 1. The molecule has 36 heavy (non-hydrogen) atoms. The zero-order valence-electron chi connectivity index (χ0n) is 20.3. The topological polar surface area (TPSA) is 75.5 Å². The summed E-state index contributed by atoms with van der Waals surface area (Å²) in [5.74, 6) is -0.0565. The van der Waals surface area contributed by atoms with Crippen molar-refractivity contribution in [2.75, 3.05) is 21.1 Å². The van der Waals surface area contributed by atoms with Crippen molar-refractivity contribution in [3.63, 3.8) is 0 Å². The highest BCUT2D eigenvalue weighted by Gasteiger charge is 2.53. The largest absolute Gasteiger partial charge is 0.331 e. The average molecular weight is 499 g/mol. The molecule has 182 valence electrons. The van der Waals surface area contributed by atoms with Crippen molar-refractivity contribution in [2.24, 2.45) is 0 Å². The van der Waals surface area contributed by atoms with Crippen LogP contribution in [0.25, 0.3) is 28.1 Å². The van der Waals surface area contributed by atoms with E-state index in [0.29, 0.717) is 5.69 Å². The summed E-state index contributed by atoms with van der Waals surface area (Å²) in [7, 11) is 1.35. The second-order valence-corrected chi connectivity index (χ2v) is 11.8. The molecule has 1 saturated carbocycles. The number of aromatic nitrogens is 2.